The van der Waals surface area contributed by atoms with Crippen LogP contribution in [0.3, 0.4) is 0 Å². The van der Waals surface area contributed by atoms with E-state index in [2.05, 4.69) is 0 Å². The third kappa shape index (κ3) is 2.20. The molecular weight excluding hydrogens is 191 g/mol. The molecule has 0 saturated heterocycles. The molecule has 1 aromatic carbocycles. The fourth-order valence-electron chi connectivity index (χ4n) is 1.17. The lowest BCUT2D eigenvalue weighted by molar-refractivity contribution is 0.281. The van der Waals surface area contributed by atoms with E-state index in [-0.39, 0.29) is 18.3 Å². The van der Waals surface area contributed by atoms with Gasteiger partial charge >= 0.3 is 0 Å². The molecule has 0 saturated carbocycles. The Morgan fingerprint density at radius 3 is 2.54 bits per heavy atom. The maximum absolute atomic E-state index is 13.3. The number of hydrogen-bond acceptors (Lipinski definition) is 1. The van der Waals surface area contributed by atoms with E-state index in [9.17, 15) is 4.39 Å². The largest absolute Gasteiger partial charge is 0.392 e. The third-order valence-electron chi connectivity index (χ3n) is 1.96. The highest BCUT2D eigenvalue weighted by atomic mass is 35.5. The van der Waals surface area contributed by atoms with Gasteiger partial charge in [0.2, 0.25) is 0 Å². The van der Waals surface area contributed by atoms with Crippen molar-refractivity contribution in [3.63, 3.8) is 0 Å². The molecule has 0 radical (unpaired) electrons. The van der Waals surface area contributed by atoms with E-state index >= 15 is 0 Å². The first-order valence-corrected chi connectivity index (χ1v) is 4.52. The van der Waals surface area contributed by atoms with Crippen LogP contribution >= 0.6 is 11.6 Å². The number of hydrogen-bond donors (Lipinski definition) is 1. The summed E-state index contributed by atoms with van der Waals surface area (Å²) in [7, 11) is 0. The van der Waals surface area contributed by atoms with Crippen LogP contribution in [0.5, 0.6) is 0 Å². The van der Waals surface area contributed by atoms with Gasteiger partial charge in [-0.15, -0.1) is 0 Å². The fraction of sp³-hybridized carbons (Fsp3) is 0.400. The minimum atomic E-state index is -0.302. The molecule has 1 nitrogen and oxygen atoms in total. The molecule has 1 aromatic rings. The van der Waals surface area contributed by atoms with Crippen molar-refractivity contribution in [2.75, 3.05) is 0 Å². The second-order valence-corrected chi connectivity index (χ2v) is 3.69. The lowest BCUT2D eigenvalue weighted by atomic mass is 10.0. The van der Waals surface area contributed by atoms with Crippen molar-refractivity contribution in [1.29, 1.82) is 0 Å². The lowest BCUT2D eigenvalue weighted by Gasteiger charge is -2.09. The molecular formula is C10H12ClFO. The molecule has 0 aromatic heterocycles. The van der Waals surface area contributed by atoms with Gasteiger partial charge in [0, 0.05) is 5.02 Å². The fourth-order valence-corrected chi connectivity index (χ4v) is 1.40. The molecule has 0 heterocycles. The predicted molar refractivity (Wildman–Crippen MR) is 51.4 cm³/mol. The van der Waals surface area contributed by atoms with Crippen molar-refractivity contribution < 1.29 is 9.50 Å². The molecule has 0 aliphatic heterocycles. The van der Waals surface area contributed by atoms with Gasteiger partial charge in [-0.3, -0.25) is 0 Å². The van der Waals surface area contributed by atoms with E-state index in [0.29, 0.717) is 16.1 Å². The standard InChI is InChI=1S/C10H12ClFO/c1-6(2)8-4-9(11)7(5-13)3-10(8)12/h3-4,6,13H,5H2,1-2H3. The molecule has 0 bridgehead atoms. The van der Waals surface area contributed by atoms with Crippen LogP contribution in [0.2, 0.25) is 5.02 Å². The molecule has 3 heteroatoms. The Hall–Kier alpha value is -0.600. The maximum atomic E-state index is 13.3. The van der Waals surface area contributed by atoms with Crippen LogP contribution in [0.4, 0.5) is 4.39 Å². The summed E-state index contributed by atoms with van der Waals surface area (Å²) in [6.45, 7) is 3.56. The van der Waals surface area contributed by atoms with Crippen molar-refractivity contribution in [2.24, 2.45) is 0 Å². The van der Waals surface area contributed by atoms with Gasteiger partial charge in [0.25, 0.3) is 0 Å². The van der Waals surface area contributed by atoms with Gasteiger partial charge in [0.1, 0.15) is 5.82 Å². The summed E-state index contributed by atoms with van der Waals surface area (Å²) in [6.07, 6.45) is 0. The monoisotopic (exact) mass is 202 g/mol. The molecule has 1 N–H and O–H groups in total. The number of rotatable bonds is 2. The van der Waals surface area contributed by atoms with Crippen LogP contribution in [0.25, 0.3) is 0 Å². The summed E-state index contributed by atoms with van der Waals surface area (Å²) < 4.78 is 13.3. The minimum absolute atomic E-state index is 0.102. The van der Waals surface area contributed by atoms with E-state index in [0.717, 1.165) is 0 Å². The van der Waals surface area contributed by atoms with Gasteiger partial charge in [-0.05, 0) is 29.2 Å². The van der Waals surface area contributed by atoms with Crippen LogP contribution in [-0.4, -0.2) is 5.11 Å². The Bertz CT molecular complexity index is 310. The van der Waals surface area contributed by atoms with Crippen LogP contribution in [0.15, 0.2) is 12.1 Å². The van der Waals surface area contributed by atoms with Gasteiger partial charge in [-0.2, -0.15) is 0 Å². The topological polar surface area (TPSA) is 20.2 Å². The summed E-state index contributed by atoms with van der Waals surface area (Å²) in [6, 6.07) is 2.87. The smallest absolute Gasteiger partial charge is 0.127 e. The summed E-state index contributed by atoms with van der Waals surface area (Å²) in [5, 5.41) is 9.24. The normalized spacial score (nSPS) is 10.9. The van der Waals surface area contributed by atoms with Crippen LogP contribution in [0.1, 0.15) is 30.9 Å². The zero-order chi connectivity index (χ0) is 10.0. The molecule has 0 aliphatic rings. The maximum Gasteiger partial charge on any atom is 0.127 e. The van der Waals surface area contributed by atoms with Gasteiger partial charge < -0.3 is 5.11 Å². The molecule has 13 heavy (non-hydrogen) atoms. The summed E-state index contributed by atoms with van der Waals surface area (Å²) in [5.74, 6) is -0.200. The summed E-state index contributed by atoms with van der Waals surface area (Å²) >= 11 is 5.82. The van der Waals surface area contributed by atoms with Crippen molar-refractivity contribution >= 4 is 11.6 Å². The Balaban J connectivity index is 3.20. The molecule has 1 rings (SSSR count). The van der Waals surface area contributed by atoms with Gasteiger partial charge in [0.05, 0.1) is 6.61 Å². The highest BCUT2D eigenvalue weighted by Gasteiger charge is 2.10. The Morgan fingerprint density at radius 2 is 2.08 bits per heavy atom. The van der Waals surface area contributed by atoms with Crippen molar-refractivity contribution in [3.05, 3.63) is 34.1 Å². The molecule has 0 fully saturated rings. The van der Waals surface area contributed by atoms with Crippen molar-refractivity contribution in [2.45, 2.75) is 26.4 Å². The van der Waals surface area contributed by atoms with Gasteiger partial charge in [-0.1, -0.05) is 25.4 Å². The van der Waals surface area contributed by atoms with Crippen LogP contribution in [-0.2, 0) is 6.61 Å². The average molecular weight is 203 g/mol. The average Bonchev–Trinajstić information content (AvgIpc) is 2.07. The zero-order valence-electron chi connectivity index (χ0n) is 7.64. The van der Waals surface area contributed by atoms with E-state index < -0.39 is 0 Å². The van der Waals surface area contributed by atoms with Crippen LogP contribution in [0, 0.1) is 5.82 Å². The number of halogens is 2. The molecule has 0 aliphatic carbocycles. The lowest BCUT2D eigenvalue weighted by Crippen LogP contribution is -1.96. The summed E-state index contributed by atoms with van der Waals surface area (Å²) in [5.41, 5.74) is 1.02. The van der Waals surface area contributed by atoms with E-state index in [1.807, 2.05) is 13.8 Å². The second-order valence-electron chi connectivity index (χ2n) is 3.28. The Morgan fingerprint density at radius 1 is 1.46 bits per heavy atom. The van der Waals surface area contributed by atoms with Crippen LogP contribution < -0.4 is 0 Å². The zero-order valence-corrected chi connectivity index (χ0v) is 8.40. The Labute approximate surface area is 82.2 Å². The molecule has 72 valence electrons. The quantitative estimate of drug-likeness (QED) is 0.782. The highest BCUT2D eigenvalue weighted by molar-refractivity contribution is 6.31. The number of aliphatic hydroxyl groups excluding tert-OH is 1. The SMILES string of the molecule is CC(C)c1cc(Cl)c(CO)cc1F. The molecule has 0 spiro atoms. The van der Waals surface area contributed by atoms with Crippen molar-refractivity contribution in [3.8, 4) is 0 Å². The van der Waals surface area contributed by atoms with E-state index in [4.69, 9.17) is 16.7 Å². The summed E-state index contributed by atoms with van der Waals surface area (Å²) in [4.78, 5) is 0. The highest BCUT2D eigenvalue weighted by Crippen LogP contribution is 2.25. The second kappa shape index (κ2) is 4.07. The first-order chi connectivity index (χ1) is 6.06. The first kappa shape index (κ1) is 10.5. The third-order valence-corrected chi connectivity index (χ3v) is 2.31. The number of aliphatic hydroxyl groups is 1. The van der Waals surface area contributed by atoms with E-state index in [1.165, 1.54) is 6.07 Å². The Kier molecular flexibility index (Phi) is 3.28. The van der Waals surface area contributed by atoms with Crippen molar-refractivity contribution in [1.82, 2.24) is 0 Å². The predicted octanol–water partition coefficient (Wildman–Crippen LogP) is 3.09. The van der Waals surface area contributed by atoms with E-state index in [1.54, 1.807) is 6.07 Å². The minimum Gasteiger partial charge on any atom is -0.392 e. The first-order valence-electron chi connectivity index (χ1n) is 4.15. The molecule has 0 unspecified atom stereocenters. The van der Waals surface area contributed by atoms with Gasteiger partial charge in [-0.25, -0.2) is 4.39 Å². The van der Waals surface area contributed by atoms with Gasteiger partial charge in [0.15, 0.2) is 0 Å². The number of benzene rings is 1. The molecule has 0 amide bonds. The molecule has 0 atom stereocenters.